The zero-order valence-electron chi connectivity index (χ0n) is 11.5. The van der Waals surface area contributed by atoms with Crippen LogP contribution in [-0.4, -0.2) is 17.6 Å². The fourth-order valence-electron chi connectivity index (χ4n) is 2.11. The SMILES string of the molecule is CCN(c1cccc(F)c1)c1nc(CNC2CC2)cs1. The quantitative estimate of drug-likeness (QED) is 0.879. The number of rotatable bonds is 6. The molecular formula is C15H18FN3S. The summed E-state index contributed by atoms with van der Waals surface area (Å²) in [7, 11) is 0. The van der Waals surface area contributed by atoms with Crippen molar-refractivity contribution in [2.45, 2.75) is 32.4 Å². The van der Waals surface area contributed by atoms with Crippen molar-refractivity contribution >= 4 is 22.2 Å². The van der Waals surface area contributed by atoms with Crippen LogP contribution in [0.5, 0.6) is 0 Å². The molecule has 0 aliphatic heterocycles. The van der Waals surface area contributed by atoms with Gasteiger partial charge in [-0.3, -0.25) is 0 Å². The Morgan fingerprint density at radius 2 is 2.30 bits per heavy atom. The second kappa shape index (κ2) is 5.89. The molecule has 3 rings (SSSR count). The predicted molar refractivity (Wildman–Crippen MR) is 81.1 cm³/mol. The van der Waals surface area contributed by atoms with Gasteiger partial charge in [0.2, 0.25) is 0 Å². The van der Waals surface area contributed by atoms with E-state index in [-0.39, 0.29) is 5.82 Å². The number of halogens is 1. The van der Waals surface area contributed by atoms with Gasteiger partial charge in [-0.05, 0) is 38.0 Å². The molecule has 0 unspecified atom stereocenters. The summed E-state index contributed by atoms with van der Waals surface area (Å²) < 4.78 is 13.3. The lowest BCUT2D eigenvalue weighted by Gasteiger charge is -2.19. The Bertz CT molecular complexity index is 580. The van der Waals surface area contributed by atoms with Crippen molar-refractivity contribution in [2.75, 3.05) is 11.4 Å². The van der Waals surface area contributed by atoms with Gasteiger partial charge in [0.15, 0.2) is 5.13 Å². The molecule has 0 amide bonds. The summed E-state index contributed by atoms with van der Waals surface area (Å²) in [5, 5.41) is 6.46. The number of nitrogens with zero attached hydrogens (tertiary/aromatic N) is 2. The van der Waals surface area contributed by atoms with Crippen molar-refractivity contribution in [2.24, 2.45) is 0 Å². The van der Waals surface area contributed by atoms with E-state index in [1.54, 1.807) is 23.5 Å². The van der Waals surface area contributed by atoms with Gasteiger partial charge in [-0.1, -0.05) is 6.07 Å². The van der Waals surface area contributed by atoms with Crippen molar-refractivity contribution < 1.29 is 4.39 Å². The highest BCUT2D eigenvalue weighted by Crippen LogP contribution is 2.29. The number of anilines is 2. The first-order valence-corrected chi connectivity index (χ1v) is 7.85. The Kier molecular flexibility index (Phi) is 3.98. The molecule has 0 atom stereocenters. The maximum Gasteiger partial charge on any atom is 0.190 e. The summed E-state index contributed by atoms with van der Waals surface area (Å²) in [6.45, 7) is 3.64. The van der Waals surface area contributed by atoms with E-state index in [4.69, 9.17) is 0 Å². The van der Waals surface area contributed by atoms with Crippen molar-refractivity contribution in [1.82, 2.24) is 10.3 Å². The third kappa shape index (κ3) is 3.16. The third-order valence-electron chi connectivity index (χ3n) is 3.36. The fraction of sp³-hybridized carbons (Fsp3) is 0.400. The Morgan fingerprint density at radius 1 is 1.45 bits per heavy atom. The maximum absolute atomic E-state index is 13.3. The van der Waals surface area contributed by atoms with Crippen LogP contribution in [0.1, 0.15) is 25.5 Å². The largest absolute Gasteiger partial charge is 0.318 e. The molecule has 3 nitrogen and oxygen atoms in total. The first kappa shape index (κ1) is 13.5. The van der Waals surface area contributed by atoms with Gasteiger partial charge in [-0.15, -0.1) is 11.3 Å². The molecule has 20 heavy (non-hydrogen) atoms. The Balaban J connectivity index is 1.74. The first-order valence-electron chi connectivity index (χ1n) is 6.97. The van der Waals surface area contributed by atoms with Gasteiger partial charge in [-0.25, -0.2) is 9.37 Å². The number of aromatic nitrogens is 1. The van der Waals surface area contributed by atoms with Gasteiger partial charge in [-0.2, -0.15) is 0 Å². The van der Waals surface area contributed by atoms with Gasteiger partial charge in [0.25, 0.3) is 0 Å². The molecule has 1 fully saturated rings. The van der Waals surface area contributed by atoms with E-state index >= 15 is 0 Å². The molecule has 1 saturated carbocycles. The predicted octanol–water partition coefficient (Wildman–Crippen LogP) is 3.69. The molecule has 1 aliphatic carbocycles. The zero-order valence-corrected chi connectivity index (χ0v) is 12.3. The number of hydrogen-bond donors (Lipinski definition) is 1. The highest BCUT2D eigenvalue weighted by molar-refractivity contribution is 7.13. The van der Waals surface area contributed by atoms with Gasteiger partial charge in [0.1, 0.15) is 5.82 Å². The summed E-state index contributed by atoms with van der Waals surface area (Å²) in [6, 6.07) is 7.34. The van der Waals surface area contributed by atoms with Gasteiger partial charge < -0.3 is 10.2 Å². The van der Waals surface area contributed by atoms with E-state index < -0.39 is 0 Å². The molecule has 5 heteroatoms. The fourth-order valence-corrected chi connectivity index (χ4v) is 3.02. The first-order chi connectivity index (χ1) is 9.76. The monoisotopic (exact) mass is 291 g/mol. The average molecular weight is 291 g/mol. The molecule has 0 bridgehead atoms. The molecule has 0 saturated heterocycles. The molecule has 1 aromatic carbocycles. The number of thiazole rings is 1. The molecule has 1 aromatic heterocycles. The highest BCUT2D eigenvalue weighted by Gasteiger charge is 2.20. The van der Waals surface area contributed by atoms with Crippen LogP contribution in [0.4, 0.5) is 15.2 Å². The minimum atomic E-state index is -0.215. The van der Waals surface area contributed by atoms with E-state index in [1.165, 1.54) is 18.9 Å². The van der Waals surface area contributed by atoms with E-state index in [0.717, 1.165) is 29.6 Å². The van der Waals surface area contributed by atoms with Crippen LogP contribution in [0, 0.1) is 5.82 Å². The molecule has 0 radical (unpaired) electrons. The van der Waals surface area contributed by atoms with Crippen molar-refractivity contribution in [1.29, 1.82) is 0 Å². The van der Waals surface area contributed by atoms with Crippen LogP contribution < -0.4 is 10.2 Å². The van der Waals surface area contributed by atoms with Crippen LogP contribution in [-0.2, 0) is 6.54 Å². The van der Waals surface area contributed by atoms with E-state index in [9.17, 15) is 4.39 Å². The lowest BCUT2D eigenvalue weighted by atomic mass is 10.3. The molecule has 106 valence electrons. The van der Waals surface area contributed by atoms with Crippen LogP contribution >= 0.6 is 11.3 Å². The third-order valence-corrected chi connectivity index (χ3v) is 4.27. The lowest BCUT2D eigenvalue weighted by Crippen LogP contribution is -2.17. The summed E-state index contributed by atoms with van der Waals surface area (Å²) in [5.74, 6) is -0.215. The van der Waals surface area contributed by atoms with Gasteiger partial charge >= 0.3 is 0 Å². The van der Waals surface area contributed by atoms with Crippen LogP contribution in [0.3, 0.4) is 0 Å². The Labute approximate surface area is 122 Å². The Morgan fingerprint density at radius 3 is 3.00 bits per heavy atom. The molecule has 1 aliphatic rings. The average Bonchev–Trinajstić information content (AvgIpc) is 3.16. The standard InChI is InChI=1S/C15H18FN3S/c1-2-19(14-5-3-4-11(16)8-14)15-18-13(10-20-15)9-17-12-6-7-12/h3-5,8,10,12,17H,2,6-7,9H2,1H3. The van der Waals surface area contributed by atoms with E-state index in [1.807, 2.05) is 11.0 Å². The molecule has 0 spiro atoms. The molecule has 2 aromatic rings. The van der Waals surface area contributed by atoms with E-state index in [2.05, 4.69) is 22.6 Å². The van der Waals surface area contributed by atoms with Crippen molar-refractivity contribution in [3.63, 3.8) is 0 Å². The van der Waals surface area contributed by atoms with Crippen molar-refractivity contribution in [3.8, 4) is 0 Å². The number of benzene rings is 1. The highest BCUT2D eigenvalue weighted by atomic mass is 32.1. The second-order valence-corrected chi connectivity index (χ2v) is 5.84. The summed E-state index contributed by atoms with van der Waals surface area (Å²) in [4.78, 5) is 6.68. The topological polar surface area (TPSA) is 28.2 Å². The van der Waals surface area contributed by atoms with Crippen LogP contribution in [0.15, 0.2) is 29.6 Å². The lowest BCUT2D eigenvalue weighted by molar-refractivity contribution is 0.627. The normalized spacial score (nSPS) is 14.5. The Hall–Kier alpha value is -1.46. The molecule has 1 N–H and O–H groups in total. The summed E-state index contributed by atoms with van der Waals surface area (Å²) >= 11 is 1.61. The van der Waals surface area contributed by atoms with Gasteiger partial charge in [0, 0.05) is 30.2 Å². The maximum atomic E-state index is 13.3. The van der Waals surface area contributed by atoms with Crippen LogP contribution in [0.25, 0.3) is 0 Å². The van der Waals surface area contributed by atoms with Gasteiger partial charge in [0.05, 0.1) is 5.69 Å². The minimum Gasteiger partial charge on any atom is -0.318 e. The van der Waals surface area contributed by atoms with Crippen molar-refractivity contribution in [3.05, 3.63) is 41.2 Å². The molecular weight excluding hydrogens is 273 g/mol. The molecule has 1 heterocycles. The second-order valence-electron chi connectivity index (χ2n) is 5.00. The number of nitrogens with one attached hydrogen (secondary N) is 1. The van der Waals surface area contributed by atoms with E-state index in [0.29, 0.717) is 6.04 Å². The summed E-state index contributed by atoms with van der Waals surface area (Å²) in [5.41, 5.74) is 1.91. The summed E-state index contributed by atoms with van der Waals surface area (Å²) in [6.07, 6.45) is 2.56. The van der Waals surface area contributed by atoms with Crippen LogP contribution in [0.2, 0.25) is 0 Å². The zero-order chi connectivity index (χ0) is 13.9. The number of hydrogen-bond acceptors (Lipinski definition) is 4. The smallest absolute Gasteiger partial charge is 0.190 e. The minimum absolute atomic E-state index is 0.215.